The molecule has 0 atom stereocenters. The van der Waals surface area contributed by atoms with Crippen molar-refractivity contribution < 1.29 is 19.1 Å². The average molecular weight is 1350 g/mol. The van der Waals surface area contributed by atoms with Crippen LogP contribution in [0.3, 0.4) is 0 Å². The molecule has 510 valence electrons. The van der Waals surface area contributed by atoms with Crippen molar-refractivity contribution in [3.8, 4) is 22.6 Å². The highest BCUT2D eigenvalue weighted by molar-refractivity contribution is 6.20. The van der Waals surface area contributed by atoms with E-state index < -0.39 is 33.5 Å². The van der Waals surface area contributed by atoms with Gasteiger partial charge in [0.2, 0.25) is 0 Å². The van der Waals surface area contributed by atoms with Crippen LogP contribution in [-0.2, 0) is 32.5 Å². The molecule has 4 aliphatic rings. The number of carbonyl (C=O) groups is 2. The first-order valence-electron chi connectivity index (χ1n) is 35.0. The van der Waals surface area contributed by atoms with E-state index in [1.54, 1.807) is 14.2 Å². The zero-order chi connectivity index (χ0) is 71.2. The molecule has 14 nitrogen and oxygen atoms in total. The van der Waals surface area contributed by atoms with Gasteiger partial charge in [0, 0.05) is 134 Å². The van der Waals surface area contributed by atoms with Gasteiger partial charge in [0.1, 0.15) is 11.5 Å². The van der Waals surface area contributed by atoms with Gasteiger partial charge in [-0.2, -0.15) is 0 Å². The van der Waals surface area contributed by atoms with Crippen molar-refractivity contribution in [1.82, 2.24) is 29.9 Å². The van der Waals surface area contributed by atoms with Crippen molar-refractivity contribution >= 4 is 67.3 Å². The summed E-state index contributed by atoms with van der Waals surface area (Å²) in [6.07, 6.45) is 8.43. The van der Waals surface area contributed by atoms with Crippen LogP contribution in [0.4, 0.5) is 11.4 Å². The molecule has 6 aromatic carbocycles. The molecule has 0 unspecified atom stereocenters. The minimum Gasteiger partial charge on any atom is -0.495 e. The van der Waals surface area contributed by atoms with E-state index >= 15 is 9.59 Å². The number of hydrogen-bond donors (Lipinski definition) is 8. The number of aromatic nitrogens is 6. The summed E-state index contributed by atoms with van der Waals surface area (Å²) in [6, 6.07) is 61.5. The fourth-order valence-electron chi connectivity index (χ4n) is 15.6. The molecule has 0 aliphatic carbocycles. The maximum Gasteiger partial charge on any atom is 0.259 e. The first kappa shape index (κ1) is 65.0. The Kier molecular flexibility index (Phi) is 15.0. The number of ether oxygens (including phenoxy) is 2. The van der Waals surface area contributed by atoms with Crippen LogP contribution in [-0.4, -0.2) is 67.4 Å². The molecule has 0 radical (unpaired) electrons. The predicted octanol–water partition coefficient (Wildman–Crippen LogP) is 19.6. The fraction of sp³-hybridized carbons (Fsp3) is 0.227. The van der Waals surface area contributed by atoms with E-state index in [1.807, 2.05) is 97.1 Å². The van der Waals surface area contributed by atoms with Crippen molar-refractivity contribution in [2.24, 2.45) is 9.98 Å². The second-order valence-electron chi connectivity index (χ2n) is 30.8. The first-order chi connectivity index (χ1) is 48.7. The summed E-state index contributed by atoms with van der Waals surface area (Å²) in [7, 11) is 3.16. The van der Waals surface area contributed by atoms with Crippen LogP contribution < -0.4 is 20.1 Å². The molecule has 16 bridgehead atoms. The quantitative estimate of drug-likeness (QED) is 0.0713. The summed E-state index contributed by atoms with van der Waals surface area (Å²) < 4.78 is 13.0. The molecule has 4 aliphatic heterocycles. The highest BCUT2D eigenvalue weighted by Gasteiger charge is 2.39. The van der Waals surface area contributed by atoms with Crippen LogP contribution in [0.2, 0.25) is 0 Å². The Hall–Kier alpha value is -11.6. The number of H-pyrrole nitrogens is 6. The van der Waals surface area contributed by atoms with E-state index in [4.69, 9.17) is 19.5 Å². The Balaban J connectivity index is 0.764. The molecular formula is C88H84N10O4. The number of amides is 2. The van der Waals surface area contributed by atoms with Crippen LogP contribution in [0.15, 0.2) is 228 Å². The minimum absolute atomic E-state index is 0.283. The van der Waals surface area contributed by atoms with Crippen molar-refractivity contribution in [2.75, 3.05) is 24.9 Å². The van der Waals surface area contributed by atoms with Gasteiger partial charge in [-0.15, -0.1) is 0 Å². The lowest BCUT2D eigenvalue weighted by molar-refractivity contribution is 0.101. The molecule has 8 N–H and O–H groups in total. The van der Waals surface area contributed by atoms with Gasteiger partial charge in [0.25, 0.3) is 11.8 Å². The monoisotopic (exact) mass is 1340 g/mol. The third kappa shape index (κ3) is 10.4. The van der Waals surface area contributed by atoms with Crippen LogP contribution in [0, 0.1) is 0 Å². The molecule has 0 fully saturated rings. The SMILES string of the molecule is COc1c(C(=O)Nc2cccc(/C3=C4\C=CC(=N4)C(C)(C)c4ccc([nH]4)C(C)(C)c4ccc([nH]4)C(C)(C)c4ccc3[nH]4)c2)cc2ccccc2c1-c1c(OC)c(C(=O)Nc2cccc(/C3=C4\C=CC(=N4)C(C)(C)c4ccc([nH]4)C(C)(C)c4ccc([nH]4)C(C)(C)c4ccc3[nH]4)c2)cc2ccccc12. The Morgan fingerprint density at radius 3 is 1.00 bits per heavy atom. The summed E-state index contributed by atoms with van der Waals surface area (Å²) in [5, 5.41) is 9.75. The number of methoxy groups -OCH3 is 2. The van der Waals surface area contributed by atoms with Crippen molar-refractivity contribution in [3.63, 3.8) is 0 Å². The van der Waals surface area contributed by atoms with Gasteiger partial charge in [-0.25, -0.2) is 0 Å². The lowest BCUT2D eigenvalue weighted by Crippen LogP contribution is -2.28. The van der Waals surface area contributed by atoms with Crippen LogP contribution >= 0.6 is 0 Å². The van der Waals surface area contributed by atoms with Gasteiger partial charge in [-0.3, -0.25) is 19.6 Å². The standard InChI is InChI=1S/C88H84N10O4/c1-83(2)63-33-29-59(91-63)75(60-30-34-64(92-60)84(3,4)68-38-42-72(96-68)87(9,10)71-41-37-67(83)95-71)51-23-19-25-53(45-51)89-81(99)57-47-49-21-15-17-27-55(49)77(79(57)101-13)78-56-28-18-16-22-50(56)48-58(80(78)102-14)82(100)90-54-26-20-24-52(46-54)76-61-31-35-65(93-61)85(5,6)69-39-43-73(97-69)88(11,12)74-44-40-70(98-74)86(7,8)66-36-32-62(76)94-66/h15-48,91,93,95-98H,1-14H3,(H,89,99)(H,90,100)/b75-60-,76-62-. The summed E-state index contributed by atoms with van der Waals surface area (Å²) in [5.41, 5.74) is 19.9. The lowest BCUT2D eigenvalue weighted by Gasteiger charge is -2.27. The normalized spacial score (nSPS) is 18.6. The van der Waals surface area contributed by atoms with Gasteiger partial charge in [-0.1, -0.05) is 72.8 Å². The summed E-state index contributed by atoms with van der Waals surface area (Å²) in [5.74, 6) is -0.184. The smallest absolute Gasteiger partial charge is 0.259 e. The molecule has 0 saturated heterocycles. The van der Waals surface area contributed by atoms with Crippen molar-refractivity contribution in [3.05, 3.63) is 308 Å². The number of anilines is 2. The van der Waals surface area contributed by atoms with E-state index in [2.05, 4.69) is 233 Å². The van der Waals surface area contributed by atoms with Gasteiger partial charge in [-0.05, 0) is 249 Å². The highest BCUT2D eigenvalue weighted by atomic mass is 16.5. The van der Waals surface area contributed by atoms with Crippen LogP contribution in [0.1, 0.15) is 183 Å². The number of allylic oxidation sites excluding steroid dienone is 4. The van der Waals surface area contributed by atoms with Crippen LogP contribution in [0.25, 0.3) is 43.8 Å². The third-order valence-corrected chi connectivity index (χ3v) is 22.4. The minimum atomic E-state index is -0.474. The molecule has 10 heterocycles. The van der Waals surface area contributed by atoms with E-state index in [0.29, 0.717) is 34.0 Å². The molecule has 0 spiro atoms. The number of aliphatic imine (C=N–C) groups is 2. The molecule has 12 aromatic rings. The molecule has 6 aromatic heterocycles. The maximum atomic E-state index is 15.5. The summed E-state index contributed by atoms with van der Waals surface area (Å²) in [4.78, 5) is 64.9. The second kappa shape index (κ2) is 23.5. The van der Waals surface area contributed by atoms with Gasteiger partial charge in [0.05, 0.1) is 48.2 Å². The average Bonchev–Trinajstić information content (AvgIpc) is 0.889. The van der Waals surface area contributed by atoms with E-state index in [9.17, 15) is 0 Å². The third-order valence-electron chi connectivity index (χ3n) is 22.4. The molecule has 16 rings (SSSR count). The number of nitrogens with one attached hydrogen (secondary N) is 8. The number of benzene rings is 6. The number of nitrogens with zero attached hydrogens (tertiary/aromatic N) is 2. The number of carbonyl (C=O) groups excluding carboxylic acids is 2. The van der Waals surface area contributed by atoms with E-state index in [1.165, 1.54) is 0 Å². The van der Waals surface area contributed by atoms with Crippen molar-refractivity contribution in [2.45, 2.75) is 116 Å². The molecule has 14 heteroatoms. The Morgan fingerprint density at radius 2 is 0.657 bits per heavy atom. The van der Waals surface area contributed by atoms with Crippen LogP contribution in [0.5, 0.6) is 11.5 Å². The Morgan fingerprint density at radius 1 is 0.343 bits per heavy atom. The fourth-order valence-corrected chi connectivity index (χ4v) is 15.6. The first-order valence-corrected chi connectivity index (χ1v) is 35.0. The molecule has 0 saturated carbocycles. The number of fused-ring (bicyclic) bond motifs is 16. The zero-order valence-electron chi connectivity index (χ0n) is 60.2. The molecule has 102 heavy (non-hydrogen) atoms. The zero-order valence-corrected chi connectivity index (χ0v) is 60.2. The lowest BCUT2D eigenvalue weighted by atomic mass is 9.84. The Bertz CT molecular complexity index is 5330. The largest absolute Gasteiger partial charge is 0.495 e. The summed E-state index contributed by atoms with van der Waals surface area (Å²) in [6.45, 7) is 26.7. The number of rotatable bonds is 9. The van der Waals surface area contributed by atoms with Gasteiger partial charge >= 0.3 is 0 Å². The highest BCUT2D eigenvalue weighted by Crippen LogP contribution is 2.50. The number of hydrogen-bond acceptors (Lipinski definition) is 6. The topological polar surface area (TPSA) is 196 Å². The molecular weight excluding hydrogens is 1260 g/mol. The van der Waals surface area contributed by atoms with E-state index in [0.717, 1.165) is 135 Å². The van der Waals surface area contributed by atoms with Gasteiger partial charge in [0.15, 0.2) is 0 Å². The summed E-state index contributed by atoms with van der Waals surface area (Å²) >= 11 is 0. The van der Waals surface area contributed by atoms with Crippen molar-refractivity contribution in [1.29, 1.82) is 0 Å². The second-order valence-corrected chi connectivity index (χ2v) is 30.8. The Labute approximate surface area is 594 Å². The van der Waals surface area contributed by atoms with Gasteiger partial charge < -0.3 is 50.0 Å². The van der Waals surface area contributed by atoms with E-state index in [-0.39, 0.29) is 22.0 Å². The molecule has 2 amide bonds. The maximum absolute atomic E-state index is 15.5. The number of aromatic amines is 6. The predicted molar refractivity (Wildman–Crippen MR) is 413 cm³/mol.